The third-order valence-corrected chi connectivity index (χ3v) is 4.62. The van der Waals surface area contributed by atoms with Crippen LogP contribution >= 0.6 is 0 Å². The summed E-state index contributed by atoms with van der Waals surface area (Å²) in [5.41, 5.74) is 8.54. The Balaban J connectivity index is 1.76. The van der Waals surface area contributed by atoms with Gasteiger partial charge >= 0.3 is 0 Å². The van der Waals surface area contributed by atoms with Gasteiger partial charge in [0.05, 0.1) is 5.69 Å². The van der Waals surface area contributed by atoms with Crippen LogP contribution < -0.4 is 0 Å². The molecule has 0 radical (unpaired) electrons. The Bertz CT molecular complexity index is 628. The van der Waals surface area contributed by atoms with Crippen LogP contribution in [0.3, 0.4) is 0 Å². The molecule has 0 aliphatic heterocycles. The predicted octanol–water partition coefficient (Wildman–Crippen LogP) is 4.12. The van der Waals surface area contributed by atoms with E-state index in [9.17, 15) is 0 Å². The zero-order chi connectivity index (χ0) is 12.7. The lowest BCUT2D eigenvalue weighted by molar-refractivity contribution is 0.686. The molecule has 0 saturated heterocycles. The van der Waals surface area contributed by atoms with Gasteiger partial charge in [-0.3, -0.25) is 4.98 Å². The van der Waals surface area contributed by atoms with Crippen LogP contribution in [0.25, 0.3) is 11.3 Å². The van der Waals surface area contributed by atoms with Gasteiger partial charge in [-0.2, -0.15) is 0 Å². The van der Waals surface area contributed by atoms with Crippen molar-refractivity contribution in [3.05, 3.63) is 52.7 Å². The lowest BCUT2D eigenvalue weighted by Gasteiger charge is -2.16. The van der Waals surface area contributed by atoms with E-state index < -0.39 is 0 Å². The monoisotopic (exact) mass is 249 g/mol. The van der Waals surface area contributed by atoms with Crippen molar-refractivity contribution >= 4 is 0 Å². The molecular formula is C18H19N. The molecule has 1 aromatic heterocycles. The highest BCUT2D eigenvalue weighted by atomic mass is 14.7. The fourth-order valence-electron chi connectivity index (χ4n) is 3.50. The van der Waals surface area contributed by atoms with E-state index in [-0.39, 0.29) is 0 Å². The van der Waals surface area contributed by atoms with Crippen molar-refractivity contribution in [3.63, 3.8) is 0 Å². The third-order valence-electron chi connectivity index (χ3n) is 4.62. The molecule has 4 rings (SSSR count). The van der Waals surface area contributed by atoms with Crippen LogP contribution in [-0.2, 0) is 25.7 Å². The molecule has 1 heteroatoms. The number of hydrogen-bond donors (Lipinski definition) is 0. The SMILES string of the molecule is c1cc2c(cc1-c1cc3c(cn1)CCC3)CCCC2. The summed E-state index contributed by atoms with van der Waals surface area (Å²) in [7, 11) is 0. The topological polar surface area (TPSA) is 12.9 Å². The highest BCUT2D eigenvalue weighted by molar-refractivity contribution is 5.62. The second-order valence-corrected chi connectivity index (χ2v) is 5.88. The molecule has 1 aromatic carbocycles. The summed E-state index contributed by atoms with van der Waals surface area (Å²) in [6, 6.07) is 9.26. The number of benzene rings is 1. The van der Waals surface area contributed by atoms with Gasteiger partial charge < -0.3 is 0 Å². The lowest BCUT2D eigenvalue weighted by atomic mass is 9.90. The first-order chi connectivity index (χ1) is 9.40. The Kier molecular flexibility index (Phi) is 2.65. The highest BCUT2D eigenvalue weighted by Crippen LogP contribution is 2.29. The van der Waals surface area contributed by atoms with Gasteiger partial charge in [0.15, 0.2) is 0 Å². The van der Waals surface area contributed by atoms with Gasteiger partial charge in [-0.25, -0.2) is 0 Å². The van der Waals surface area contributed by atoms with Crippen LogP contribution in [0.1, 0.15) is 41.5 Å². The molecule has 0 amide bonds. The van der Waals surface area contributed by atoms with Crippen LogP contribution in [0.15, 0.2) is 30.5 Å². The summed E-state index contributed by atoms with van der Waals surface area (Å²) in [5, 5.41) is 0. The number of rotatable bonds is 1. The van der Waals surface area contributed by atoms with Gasteiger partial charge in [-0.1, -0.05) is 12.1 Å². The molecule has 2 aliphatic carbocycles. The minimum absolute atomic E-state index is 1.16. The largest absolute Gasteiger partial charge is 0.256 e. The van der Waals surface area contributed by atoms with Crippen molar-refractivity contribution in [1.82, 2.24) is 4.98 Å². The van der Waals surface area contributed by atoms with E-state index in [4.69, 9.17) is 0 Å². The summed E-state index contributed by atoms with van der Waals surface area (Å²) in [6.45, 7) is 0. The number of hydrogen-bond acceptors (Lipinski definition) is 1. The maximum Gasteiger partial charge on any atom is 0.0705 e. The Labute approximate surface area is 114 Å². The number of nitrogens with zero attached hydrogens (tertiary/aromatic N) is 1. The summed E-state index contributed by atoms with van der Waals surface area (Å²) in [6.07, 6.45) is 11.0. The van der Waals surface area contributed by atoms with Crippen molar-refractivity contribution in [2.45, 2.75) is 44.9 Å². The Hall–Kier alpha value is -1.63. The molecule has 0 N–H and O–H groups in total. The van der Waals surface area contributed by atoms with Gasteiger partial charge in [0.2, 0.25) is 0 Å². The zero-order valence-electron chi connectivity index (χ0n) is 11.3. The molecule has 0 bridgehead atoms. The van der Waals surface area contributed by atoms with Crippen LogP contribution in [-0.4, -0.2) is 4.98 Å². The van der Waals surface area contributed by atoms with Gasteiger partial charge in [-0.15, -0.1) is 0 Å². The first kappa shape index (κ1) is 11.2. The molecule has 1 heterocycles. The van der Waals surface area contributed by atoms with Crippen LogP contribution in [0.4, 0.5) is 0 Å². The van der Waals surface area contributed by atoms with Crippen molar-refractivity contribution in [1.29, 1.82) is 0 Å². The number of fused-ring (bicyclic) bond motifs is 2. The van der Waals surface area contributed by atoms with Gasteiger partial charge in [0.1, 0.15) is 0 Å². The van der Waals surface area contributed by atoms with Crippen molar-refractivity contribution in [2.75, 3.05) is 0 Å². The van der Waals surface area contributed by atoms with E-state index in [1.165, 1.54) is 61.6 Å². The van der Waals surface area contributed by atoms with Gasteiger partial charge in [-0.05, 0) is 79.3 Å². The number of aryl methyl sites for hydroxylation is 4. The fraction of sp³-hybridized carbons (Fsp3) is 0.389. The number of aromatic nitrogens is 1. The van der Waals surface area contributed by atoms with Crippen molar-refractivity contribution < 1.29 is 0 Å². The molecule has 0 fully saturated rings. The Morgan fingerprint density at radius 3 is 2.37 bits per heavy atom. The van der Waals surface area contributed by atoms with E-state index in [1.807, 2.05) is 0 Å². The minimum Gasteiger partial charge on any atom is -0.256 e. The maximum atomic E-state index is 4.67. The molecule has 0 spiro atoms. The first-order valence-corrected chi connectivity index (χ1v) is 7.50. The van der Waals surface area contributed by atoms with Crippen LogP contribution in [0.5, 0.6) is 0 Å². The summed E-state index contributed by atoms with van der Waals surface area (Å²) in [4.78, 5) is 4.67. The quantitative estimate of drug-likeness (QED) is 0.741. The van der Waals surface area contributed by atoms with Gasteiger partial charge in [0.25, 0.3) is 0 Å². The third kappa shape index (κ3) is 1.98. The molecule has 0 saturated carbocycles. The standard InChI is InChI=1S/C18H19N/c1-2-5-14-10-16(9-8-13(14)4-1)18-11-15-6-3-7-17(15)12-19-18/h8-12H,1-7H2. The number of pyridine rings is 1. The second kappa shape index (κ2) is 4.48. The maximum absolute atomic E-state index is 4.67. The summed E-state index contributed by atoms with van der Waals surface area (Å²) >= 11 is 0. The van der Waals surface area contributed by atoms with Gasteiger partial charge in [0, 0.05) is 11.8 Å². The van der Waals surface area contributed by atoms with E-state index in [2.05, 4.69) is 35.4 Å². The van der Waals surface area contributed by atoms with Crippen molar-refractivity contribution in [3.8, 4) is 11.3 Å². The average Bonchev–Trinajstić information content (AvgIpc) is 2.94. The Morgan fingerprint density at radius 2 is 1.42 bits per heavy atom. The normalized spacial score (nSPS) is 17.1. The molecule has 2 aromatic rings. The molecular weight excluding hydrogens is 230 g/mol. The minimum atomic E-state index is 1.16. The zero-order valence-corrected chi connectivity index (χ0v) is 11.3. The molecule has 0 unspecified atom stereocenters. The predicted molar refractivity (Wildman–Crippen MR) is 78.3 cm³/mol. The molecule has 19 heavy (non-hydrogen) atoms. The Morgan fingerprint density at radius 1 is 0.684 bits per heavy atom. The van der Waals surface area contributed by atoms with Crippen LogP contribution in [0.2, 0.25) is 0 Å². The summed E-state index contributed by atoms with van der Waals surface area (Å²) < 4.78 is 0. The summed E-state index contributed by atoms with van der Waals surface area (Å²) in [5.74, 6) is 0. The fourth-order valence-corrected chi connectivity index (χ4v) is 3.50. The molecule has 1 nitrogen and oxygen atoms in total. The smallest absolute Gasteiger partial charge is 0.0705 e. The average molecular weight is 249 g/mol. The van der Waals surface area contributed by atoms with E-state index >= 15 is 0 Å². The van der Waals surface area contributed by atoms with Crippen molar-refractivity contribution in [2.24, 2.45) is 0 Å². The molecule has 2 aliphatic rings. The highest BCUT2D eigenvalue weighted by Gasteiger charge is 2.14. The second-order valence-electron chi connectivity index (χ2n) is 5.88. The lowest BCUT2D eigenvalue weighted by Crippen LogP contribution is -2.02. The first-order valence-electron chi connectivity index (χ1n) is 7.50. The molecule has 0 atom stereocenters. The van der Waals surface area contributed by atoms with E-state index in [1.54, 1.807) is 11.1 Å². The van der Waals surface area contributed by atoms with E-state index in [0.717, 1.165) is 5.69 Å². The van der Waals surface area contributed by atoms with Crippen LogP contribution in [0, 0.1) is 0 Å². The molecule has 96 valence electrons. The van der Waals surface area contributed by atoms with E-state index in [0.29, 0.717) is 0 Å².